The quantitative estimate of drug-likeness (QED) is 0.905. The lowest BCUT2D eigenvalue weighted by Gasteiger charge is -2.14. The summed E-state index contributed by atoms with van der Waals surface area (Å²) in [6, 6.07) is 3.07. The topological polar surface area (TPSA) is 46.5 Å². The molecule has 0 unspecified atom stereocenters. The van der Waals surface area contributed by atoms with Crippen molar-refractivity contribution in [2.45, 2.75) is 26.4 Å². The van der Waals surface area contributed by atoms with E-state index in [1.807, 2.05) is 13.8 Å². The standard InChI is InChI=1S/C11H12Cl2O3/c1-6(2)16-10-5-9(13)8(12)3-7(10)4-11(14)15/h3,5-6H,4H2,1-2H3,(H,14,15). The number of hydrogen-bond donors (Lipinski definition) is 1. The lowest BCUT2D eigenvalue weighted by molar-refractivity contribution is -0.136. The summed E-state index contributed by atoms with van der Waals surface area (Å²) in [6.07, 6.45) is -0.191. The molecule has 0 saturated heterocycles. The van der Waals surface area contributed by atoms with Crippen molar-refractivity contribution in [2.24, 2.45) is 0 Å². The maximum Gasteiger partial charge on any atom is 0.307 e. The van der Waals surface area contributed by atoms with E-state index in [0.717, 1.165) is 0 Å². The SMILES string of the molecule is CC(C)Oc1cc(Cl)c(Cl)cc1CC(=O)O. The number of benzene rings is 1. The van der Waals surface area contributed by atoms with Crippen LogP contribution in [-0.4, -0.2) is 17.2 Å². The number of rotatable bonds is 4. The fourth-order valence-electron chi connectivity index (χ4n) is 1.23. The summed E-state index contributed by atoms with van der Waals surface area (Å²) in [5.74, 6) is -0.473. The maximum absolute atomic E-state index is 10.7. The van der Waals surface area contributed by atoms with E-state index in [4.69, 9.17) is 33.0 Å². The van der Waals surface area contributed by atoms with Crippen molar-refractivity contribution in [1.82, 2.24) is 0 Å². The van der Waals surface area contributed by atoms with Gasteiger partial charge in [-0.3, -0.25) is 4.79 Å². The number of halogens is 2. The van der Waals surface area contributed by atoms with Gasteiger partial charge in [0.15, 0.2) is 0 Å². The molecule has 0 atom stereocenters. The number of hydrogen-bond acceptors (Lipinski definition) is 2. The van der Waals surface area contributed by atoms with Crippen LogP contribution in [0.5, 0.6) is 5.75 Å². The molecule has 0 aliphatic carbocycles. The first kappa shape index (κ1) is 13.1. The van der Waals surface area contributed by atoms with Gasteiger partial charge in [-0.15, -0.1) is 0 Å². The van der Waals surface area contributed by atoms with Gasteiger partial charge >= 0.3 is 5.97 Å². The van der Waals surface area contributed by atoms with E-state index in [2.05, 4.69) is 0 Å². The highest BCUT2D eigenvalue weighted by Crippen LogP contribution is 2.31. The number of ether oxygens (including phenoxy) is 1. The zero-order chi connectivity index (χ0) is 12.3. The summed E-state index contributed by atoms with van der Waals surface area (Å²) >= 11 is 11.7. The fraction of sp³-hybridized carbons (Fsp3) is 0.364. The van der Waals surface area contributed by atoms with Crippen LogP contribution in [0.1, 0.15) is 19.4 Å². The van der Waals surface area contributed by atoms with Crippen LogP contribution in [0.3, 0.4) is 0 Å². The smallest absolute Gasteiger partial charge is 0.307 e. The van der Waals surface area contributed by atoms with E-state index in [0.29, 0.717) is 21.4 Å². The van der Waals surface area contributed by atoms with Gasteiger partial charge in [0.2, 0.25) is 0 Å². The fourth-order valence-corrected chi connectivity index (χ4v) is 1.57. The van der Waals surface area contributed by atoms with Gasteiger partial charge in [-0.25, -0.2) is 0 Å². The number of carboxylic acid groups (broad SMARTS) is 1. The van der Waals surface area contributed by atoms with Crippen molar-refractivity contribution < 1.29 is 14.6 Å². The predicted molar refractivity (Wildman–Crippen MR) is 63.6 cm³/mol. The van der Waals surface area contributed by atoms with Crippen molar-refractivity contribution >= 4 is 29.2 Å². The maximum atomic E-state index is 10.7. The van der Waals surface area contributed by atoms with Gasteiger partial charge in [-0.1, -0.05) is 23.2 Å². The second kappa shape index (κ2) is 5.41. The minimum Gasteiger partial charge on any atom is -0.491 e. The number of aliphatic carboxylic acids is 1. The average molecular weight is 263 g/mol. The molecule has 0 amide bonds. The Morgan fingerprint density at radius 2 is 1.94 bits per heavy atom. The third kappa shape index (κ3) is 3.58. The monoisotopic (exact) mass is 262 g/mol. The first-order chi connectivity index (χ1) is 7.40. The third-order valence-electron chi connectivity index (χ3n) is 1.81. The Bertz CT molecular complexity index is 402. The van der Waals surface area contributed by atoms with E-state index in [9.17, 15) is 4.79 Å². The Kier molecular flexibility index (Phi) is 4.44. The van der Waals surface area contributed by atoms with Crippen LogP contribution in [-0.2, 0) is 11.2 Å². The molecule has 1 rings (SSSR count). The molecule has 0 aromatic heterocycles. The number of carbonyl (C=O) groups is 1. The zero-order valence-electron chi connectivity index (χ0n) is 8.96. The highest BCUT2D eigenvalue weighted by atomic mass is 35.5. The summed E-state index contributed by atoms with van der Waals surface area (Å²) in [6.45, 7) is 3.71. The van der Waals surface area contributed by atoms with Crippen LogP contribution in [0.2, 0.25) is 10.0 Å². The largest absolute Gasteiger partial charge is 0.491 e. The molecule has 1 aromatic carbocycles. The molecule has 0 radical (unpaired) electrons. The van der Waals surface area contributed by atoms with Gasteiger partial charge in [-0.2, -0.15) is 0 Å². The van der Waals surface area contributed by atoms with E-state index in [1.54, 1.807) is 6.07 Å². The summed E-state index contributed by atoms with van der Waals surface area (Å²) in [5, 5.41) is 9.44. The van der Waals surface area contributed by atoms with Gasteiger partial charge in [-0.05, 0) is 19.9 Å². The third-order valence-corrected chi connectivity index (χ3v) is 2.53. The van der Waals surface area contributed by atoms with Gasteiger partial charge in [0.25, 0.3) is 0 Å². The van der Waals surface area contributed by atoms with Crippen LogP contribution in [0.25, 0.3) is 0 Å². The van der Waals surface area contributed by atoms with Crippen molar-refractivity contribution in [3.8, 4) is 5.75 Å². The van der Waals surface area contributed by atoms with Gasteiger partial charge < -0.3 is 9.84 Å². The molecule has 0 bridgehead atoms. The van der Waals surface area contributed by atoms with E-state index in [1.165, 1.54) is 6.07 Å². The Morgan fingerprint density at radius 1 is 1.38 bits per heavy atom. The second-order valence-corrected chi connectivity index (χ2v) is 4.43. The molecular formula is C11H12Cl2O3. The molecule has 16 heavy (non-hydrogen) atoms. The summed E-state index contributed by atoms with van der Waals surface area (Å²) in [5.41, 5.74) is 0.524. The molecule has 1 aromatic rings. The van der Waals surface area contributed by atoms with Crippen LogP contribution in [0.4, 0.5) is 0 Å². The van der Waals surface area contributed by atoms with Gasteiger partial charge in [0.1, 0.15) is 5.75 Å². The molecule has 88 valence electrons. The van der Waals surface area contributed by atoms with Crippen molar-refractivity contribution in [1.29, 1.82) is 0 Å². The van der Waals surface area contributed by atoms with Crippen LogP contribution in [0, 0.1) is 0 Å². The Morgan fingerprint density at radius 3 is 2.44 bits per heavy atom. The molecule has 1 N–H and O–H groups in total. The van der Waals surface area contributed by atoms with Gasteiger partial charge in [0, 0.05) is 11.6 Å². The molecule has 3 nitrogen and oxygen atoms in total. The lowest BCUT2D eigenvalue weighted by Crippen LogP contribution is -2.09. The highest BCUT2D eigenvalue weighted by Gasteiger charge is 2.12. The summed E-state index contributed by atoms with van der Waals surface area (Å²) in [4.78, 5) is 10.7. The van der Waals surface area contributed by atoms with Crippen LogP contribution in [0.15, 0.2) is 12.1 Å². The molecule has 0 heterocycles. The Labute approximate surface area is 104 Å². The molecular weight excluding hydrogens is 251 g/mol. The average Bonchev–Trinajstić information content (AvgIpc) is 2.11. The molecule has 0 spiro atoms. The molecule has 0 aliphatic rings. The van der Waals surface area contributed by atoms with E-state index >= 15 is 0 Å². The van der Waals surface area contributed by atoms with Crippen molar-refractivity contribution in [3.05, 3.63) is 27.7 Å². The van der Waals surface area contributed by atoms with Crippen molar-refractivity contribution in [3.63, 3.8) is 0 Å². The molecule has 0 aliphatic heterocycles. The molecule has 0 saturated carbocycles. The summed E-state index contributed by atoms with van der Waals surface area (Å²) < 4.78 is 5.48. The van der Waals surface area contributed by atoms with Gasteiger partial charge in [0.05, 0.1) is 22.6 Å². The van der Waals surface area contributed by atoms with E-state index in [-0.39, 0.29) is 12.5 Å². The van der Waals surface area contributed by atoms with E-state index < -0.39 is 5.97 Å². The predicted octanol–water partition coefficient (Wildman–Crippen LogP) is 3.41. The molecule has 5 heteroatoms. The first-order valence-electron chi connectivity index (χ1n) is 4.76. The minimum atomic E-state index is -0.938. The summed E-state index contributed by atoms with van der Waals surface area (Å²) in [7, 11) is 0. The van der Waals surface area contributed by atoms with Crippen molar-refractivity contribution in [2.75, 3.05) is 0 Å². The minimum absolute atomic E-state index is 0.0511. The lowest BCUT2D eigenvalue weighted by atomic mass is 10.1. The second-order valence-electron chi connectivity index (χ2n) is 3.61. The van der Waals surface area contributed by atoms with Crippen LogP contribution < -0.4 is 4.74 Å². The van der Waals surface area contributed by atoms with Crippen LogP contribution >= 0.6 is 23.2 Å². The number of carboxylic acids is 1. The zero-order valence-corrected chi connectivity index (χ0v) is 10.5. The first-order valence-corrected chi connectivity index (χ1v) is 5.52. The Balaban J connectivity index is 3.11. The molecule has 0 fully saturated rings. The highest BCUT2D eigenvalue weighted by molar-refractivity contribution is 6.42. The normalized spacial score (nSPS) is 10.6. The Hall–Kier alpha value is -0.930.